The standard InChI is InChI=1S/C15H29N5O/c1-12-4-6-14(7-5-12)8-10-20-15(17-18-19-20)13(2)16-9-11-21-3/h12-14,16H,4-11H2,1-3H3. The number of tetrazole rings is 1. The maximum absolute atomic E-state index is 5.05. The average molecular weight is 295 g/mol. The lowest BCUT2D eigenvalue weighted by Gasteiger charge is -2.26. The van der Waals surface area contributed by atoms with Crippen LogP contribution in [-0.2, 0) is 11.3 Å². The highest BCUT2D eigenvalue weighted by Gasteiger charge is 2.19. The number of nitrogens with zero attached hydrogens (tertiary/aromatic N) is 4. The number of hydrogen-bond acceptors (Lipinski definition) is 5. The van der Waals surface area contributed by atoms with E-state index in [0.29, 0.717) is 6.61 Å². The smallest absolute Gasteiger partial charge is 0.167 e. The summed E-state index contributed by atoms with van der Waals surface area (Å²) < 4.78 is 7.02. The highest BCUT2D eigenvalue weighted by molar-refractivity contribution is 4.89. The second-order valence-corrected chi connectivity index (χ2v) is 6.34. The van der Waals surface area contributed by atoms with Crippen LogP contribution in [-0.4, -0.2) is 40.5 Å². The van der Waals surface area contributed by atoms with Crippen molar-refractivity contribution in [3.05, 3.63) is 5.82 Å². The van der Waals surface area contributed by atoms with E-state index < -0.39 is 0 Å². The van der Waals surface area contributed by atoms with Crippen LogP contribution in [0.15, 0.2) is 0 Å². The predicted molar refractivity (Wildman–Crippen MR) is 81.8 cm³/mol. The summed E-state index contributed by atoms with van der Waals surface area (Å²) in [6.45, 7) is 6.90. The molecular weight excluding hydrogens is 266 g/mol. The summed E-state index contributed by atoms with van der Waals surface area (Å²) in [7, 11) is 1.71. The number of methoxy groups -OCH3 is 1. The summed E-state index contributed by atoms with van der Waals surface area (Å²) in [4.78, 5) is 0. The summed E-state index contributed by atoms with van der Waals surface area (Å²) in [5.41, 5.74) is 0. The second kappa shape index (κ2) is 8.44. The fraction of sp³-hybridized carbons (Fsp3) is 0.933. The Hall–Kier alpha value is -1.01. The first-order valence-corrected chi connectivity index (χ1v) is 8.19. The predicted octanol–water partition coefficient (Wildman–Crippen LogP) is 2.19. The molecule has 0 spiro atoms. The number of aryl methyl sites for hydroxylation is 1. The van der Waals surface area contributed by atoms with Gasteiger partial charge in [0.15, 0.2) is 5.82 Å². The molecule has 1 unspecified atom stereocenters. The Kier molecular flexibility index (Phi) is 6.57. The van der Waals surface area contributed by atoms with Gasteiger partial charge in [0.25, 0.3) is 0 Å². The monoisotopic (exact) mass is 295 g/mol. The Labute approximate surface area is 127 Å². The zero-order valence-corrected chi connectivity index (χ0v) is 13.6. The number of aromatic nitrogens is 4. The molecule has 120 valence electrons. The molecular formula is C15H29N5O. The zero-order valence-electron chi connectivity index (χ0n) is 13.6. The van der Waals surface area contributed by atoms with Gasteiger partial charge < -0.3 is 10.1 Å². The van der Waals surface area contributed by atoms with Gasteiger partial charge in [0.2, 0.25) is 0 Å². The highest BCUT2D eigenvalue weighted by Crippen LogP contribution is 2.30. The topological polar surface area (TPSA) is 64.9 Å². The van der Waals surface area contributed by atoms with Gasteiger partial charge in [-0.1, -0.05) is 32.6 Å². The van der Waals surface area contributed by atoms with Crippen LogP contribution in [0.2, 0.25) is 0 Å². The van der Waals surface area contributed by atoms with Crippen molar-refractivity contribution in [2.45, 2.75) is 58.5 Å². The molecule has 2 rings (SSSR count). The van der Waals surface area contributed by atoms with Gasteiger partial charge in [-0.15, -0.1) is 5.10 Å². The normalized spacial score (nSPS) is 24.1. The fourth-order valence-corrected chi connectivity index (χ4v) is 3.07. The largest absolute Gasteiger partial charge is 0.383 e. The van der Waals surface area contributed by atoms with Crippen molar-refractivity contribution in [3.8, 4) is 0 Å². The van der Waals surface area contributed by atoms with Crippen LogP contribution in [0.5, 0.6) is 0 Å². The third kappa shape index (κ3) is 5.04. The first kappa shape index (κ1) is 16.4. The van der Waals surface area contributed by atoms with E-state index >= 15 is 0 Å². The highest BCUT2D eigenvalue weighted by atomic mass is 16.5. The van der Waals surface area contributed by atoms with Crippen LogP contribution in [0.25, 0.3) is 0 Å². The molecule has 1 aromatic rings. The second-order valence-electron chi connectivity index (χ2n) is 6.34. The number of ether oxygens (including phenoxy) is 1. The van der Waals surface area contributed by atoms with Crippen LogP contribution in [0.3, 0.4) is 0 Å². The summed E-state index contributed by atoms with van der Waals surface area (Å²) in [5.74, 6) is 2.68. The van der Waals surface area contributed by atoms with Gasteiger partial charge in [0.05, 0.1) is 12.6 Å². The number of rotatable bonds is 8. The van der Waals surface area contributed by atoms with E-state index in [0.717, 1.165) is 30.7 Å². The first-order valence-electron chi connectivity index (χ1n) is 8.19. The maximum atomic E-state index is 5.05. The summed E-state index contributed by atoms with van der Waals surface area (Å²) in [6.07, 6.45) is 6.67. The Morgan fingerprint density at radius 3 is 2.81 bits per heavy atom. The molecule has 1 heterocycles. The van der Waals surface area contributed by atoms with E-state index in [1.54, 1.807) is 7.11 Å². The molecule has 0 aliphatic heterocycles. The van der Waals surface area contributed by atoms with E-state index in [2.05, 4.69) is 34.7 Å². The SMILES string of the molecule is COCCNC(C)c1nnnn1CCC1CCC(C)CC1. The Morgan fingerprint density at radius 1 is 1.33 bits per heavy atom. The van der Waals surface area contributed by atoms with E-state index in [9.17, 15) is 0 Å². The van der Waals surface area contributed by atoms with Crippen molar-refractivity contribution in [2.24, 2.45) is 11.8 Å². The van der Waals surface area contributed by atoms with Gasteiger partial charge in [-0.25, -0.2) is 4.68 Å². The minimum atomic E-state index is 0.154. The minimum Gasteiger partial charge on any atom is -0.383 e. The third-order valence-electron chi connectivity index (χ3n) is 4.59. The molecule has 0 radical (unpaired) electrons. The molecule has 1 atom stereocenters. The molecule has 1 aliphatic rings. The van der Waals surface area contributed by atoms with Gasteiger partial charge in [-0.2, -0.15) is 0 Å². The molecule has 6 heteroatoms. The van der Waals surface area contributed by atoms with Crippen molar-refractivity contribution in [2.75, 3.05) is 20.3 Å². The quantitative estimate of drug-likeness (QED) is 0.745. The van der Waals surface area contributed by atoms with Crippen LogP contribution >= 0.6 is 0 Å². The summed E-state index contributed by atoms with van der Waals surface area (Å²) in [5, 5.41) is 15.5. The molecule has 1 aromatic heterocycles. The molecule has 0 bridgehead atoms. The van der Waals surface area contributed by atoms with Crippen molar-refractivity contribution in [1.82, 2.24) is 25.5 Å². The van der Waals surface area contributed by atoms with E-state index in [-0.39, 0.29) is 6.04 Å². The third-order valence-corrected chi connectivity index (χ3v) is 4.59. The maximum Gasteiger partial charge on any atom is 0.167 e. The van der Waals surface area contributed by atoms with Crippen molar-refractivity contribution < 1.29 is 4.74 Å². The van der Waals surface area contributed by atoms with Gasteiger partial charge in [0, 0.05) is 20.2 Å². The zero-order chi connectivity index (χ0) is 15.1. The molecule has 1 fully saturated rings. The molecule has 1 saturated carbocycles. The van der Waals surface area contributed by atoms with Gasteiger partial charge in [-0.3, -0.25) is 0 Å². The Balaban J connectivity index is 1.79. The summed E-state index contributed by atoms with van der Waals surface area (Å²) in [6, 6.07) is 0.154. The molecule has 1 N–H and O–H groups in total. The van der Waals surface area contributed by atoms with Crippen molar-refractivity contribution in [3.63, 3.8) is 0 Å². The Morgan fingerprint density at radius 2 is 2.10 bits per heavy atom. The first-order chi connectivity index (χ1) is 10.2. The number of nitrogens with one attached hydrogen (secondary N) is 1. The van der Waals surface area contributed by atoms with Gasteiger partial charge >= 0.3 is 0 Å². The van der Waals surface area contributed by atoms with Crippen LogP contribution < -0.4 is 5.32 Å². The summed E-state index contributed by atoms with van der Waals surface area (Å²) >= 11 is 0. The van der Waals surface area contributed by atoms with Crippen molar-refractivity contribution in [1.29, 1.82) is 0 Å². The molecule has 21 heavy (non-hydrogen) atoms. The average Bonchev–Trinajstić information content (AvgIpc) is 2.95. The Bertz CT molecular complexity index is 401. The molecule has 0 saturated heterocycles. The molecule has 6 nitrogen and oxygen atoms in total. The minimum absolute atomic E-state index is 0.154. The van der Waals surface area contributed by atoms with E-state index in [4.69, 9.17) is 4.74 Å². The van der Waals surface area contributed by atoms with Gasteiger partial charge in [-0.05, 0) is 35.6 Å². The van der Waals surface area contributed by atoms with E-state index in [1.807, 2.05) is 4.68 Å². The number of hydrogen-bond donors (Lipinski definition) is 1. The molecule has 0 aromatic carbocycles. The van der Waals surface area contributed by atoms with Crippen LogP contribution in [0.4, 0.5) is 0 Å². The van der Waals surface area contributed by atoms with Crippen LogP contribution in [0, 0.1) is 11.8 Å². The van der Waals surface area contributed by atoms with E-state index in [1.165, 1.54) is 32.1 Å². The lowest BCUT2D eigenvalue weighted by molar-refractivity contribution is 0.195. The van der Waals surface area contributed by atoms with Gasteiger partial charge in [0.1, 0.15) is 0 Å². The molecule has 0 amide bonds. The lowest BCUT2D eigenvalue weighted by atomic mass is 9.81. The lowest BCUT2D eigenvalue weighted by Crippen LogP contribution is -2.26. The fourth-order valence-electron chi connectivity index (χ4n) is 3.07. The van der Waals surface area contributed by atoms with Crippen molar-refractivity contribution >= 4 is 0 Å². The molecule has 1 aliphatic carbocycles. The van der Waals surface area contributed by atoms with Crippen LogP contribution in [0.1, 0.15) is 57.8 Å².